The van der Waals surface area contributed by atoms with Crippen molar-refractivity contribution in [2.24, 2.45) is 5.73 Å². The second-order valence-corrected chi connectivity index (χ2v) is 5.43. The second kappa shape index (κ2) is 7.03. The summed E-state index contributed by atoms with van der Waals surface area (Å²) < 4.78 is 26.1. The van der Waals surface area contributed by atoms with E-state index in [0.29, 0.717) is 12.1 Å². The predicted octanol–water partition coefficient (Wildman–Crippen LogP) is -0.161. The fourth-order valence-electron chi connectivity index (χ4n) is 1.35. The molecule has 6 nitrogen and oxygen atoms in total. The zero-order chi connectivity index (χ0) is 14.3. The minimum absolute atomic E-state index is 0.112. The summed E-state index contributed by atoms with van der Waals surface area (Å²) >= 11 is 0. The first kappa shape index (κ1) is 15.4. The second-order valence-electron chi connectivity index (χ2n) is 3.66. The third-order valence-corrected chi connectivity index (χ3v) is 3.79. The Morgan fingerprint density at radius 1 is 1.26 bits per heavy atom. The van der Waals surface area contributed by atoms with Gasteiger partial charge in [0.05, 0.1) is 4.90 Å². The van der Waals surface area contributed by atoms with E-state index < -0.39 is 10.0 Å². The van der Waals surface area contributed by atoms with Crippen LogP contribution in [0, 0.1) is 0 Å². The molecule has 1 aromatic rings. The molecule has 19 heavy (non-hydrogen) atoms. The number of amides is 1. The van der Waals surface area contributed by atoms with E-state index in [4.69, 9.17) is 5.73 Å². The van der Waals surface area contributed by atoms with Crippen LogP contribution in [0.25, 0.3) is 0 Å². The first-order chi connectivity index (χ1) is 9.01. The van der Waals surface area contributed by atoms with Gasteiger partial charge in [0.1, 0.15) is 0 Å². The lowest BCUT2D eigenvalue weighted by Crippen LogP contribution is -2.24. The van der Waals surface area contributed by atoms with Crippen molar-refractivity contribution < 1.29 is 13.2 Å². The maximum absolute atomic E-state index is 11.9. The maximum Gasteiger partial charge on any atom is 0.251 e. The van der Waals surface area contributed by atoms with Gasteiger partial charge in [-0.05, 0) is 24.3 Å². The molecule has 0 radical (unpaired) electrons. The van der Waals surface area contributed by atoms with Crippen LogP contribution in [0.15, 0.2) is 41.3 Å². The fraction of sp³-hybridized carbons (Fsp3) is 0.250. The van der Waals surface area contributed by atoms with E-state index in [9.17, 15) is 13.2 Å². The first-order valence-electron chi connectivity index (χ1n) is 5.68. The van der Waals surface area contributed by atoms with Gasteiger partial charge in [-0.1, -0.05) is 12.2 Å². The van der Waals surface area contributed by atoms with E-state index in [1.807, 2.05) is 0 Å². The van der Waals surface area contributed by atoms with Crippen LogP contribution in [0.1, 0.15) is 10.4 Å². The molecular weight excluding hydrogens is 266 g/mol. The highest BCUT2D eigenvalue weighted by molar-refractivity contribution is 7.89. The molecule has 1 aromatic carbocycles. The van der Waals surface area contributed by atoms with Gasteiger partial charge in [0, 0.05) is 25.7 Å². The van der Waals surface area contributed by atoms with E-state index in [-0.39, 0.29) is 17.3 Å². The molecule has 0 aromatic heterocycles. The summed E-state index contributed by atoms with van der Waals surface area (Å²) in [6.07, 6.45) is 3.30. The molecule has 0 unspecified atom stereocenters. The molecule has 0 fully saturated rings. The van der Waals surface area contributed by atoms with Gasteiger partial charge in [-0.3, -0.25) is 4.79 Å². The highest BCUT2D eigenvalue weighted by atomic mass is 32.2. The largest absolute Gasteiger partial charge is 0.355 e. The molecule has 1 amide bonds. The molecule has 104 valence electrons. The van der Waals surface area contributed by atoms with Crippen LogP contribution in [-0.2, 0) is 10.0 Å². The highest BCUT2D eigenvalue weighted by Crippen LogP contribution is 2.10. The standard InChI is InChI=1S/C12H17N3O3S/c1-14-12(16)10-4-6-11(7-5-10)19(17,18)15-9-3-2-8-13/h2-7,15H,8-9,13H2,1H3,(H,14,16)/b3-2+. The van der Waals surface area contributed by atoms with Crippen molar-refractivity contribution in [2.45, 2.75) is 4.90 Å². The van der Waals surface area contributed by atoms with Crippen LogP contribution in [-0.4, -0.2) is 34.5 Å². The molecule has 0 bridgehead atoms. The summed E-state index contributed by atoms with van der Waals surface area (Å²) in [5.41, 5.74) is 5.65. The smallest absolute Gasteiger partial charge is 0.251 e. The summed E-state index contributed by atoms with van der Waals surface area (Å²) in [6.45, 7) is 0.541. The number of carbonyl (C=O) groups excluding carboxylic acids is 1. The van der Waals surface area contributed by atoms with Crippen molar-refractivity contribution in [3.05, 3.63) is 42.0 Å². The SMILES string of the molecule is CNC(=O)c1ccc(S(=O)(=O)NC/C=C/CN)cc1. The molecule has 0 aliphatic rings. The van der Waals surface area contributed by atoms with Crippen LogP contribution >= 0.6 is 0 Å². The first-order valence-corrected chi connectivity index (χ1v) is 7.16. The van der Waals surface area contributed by atoms with Gasteiger partial charge < -0.3 is 11.1 Å². The Balaban J connectivity index is 2.79. The number of hydrogen-bond donors (Lipinski definition) is 3. The Labute approximate surface area is 112 Å². The van der Waals surface area contributed by atoms with Gasteiger partial charge in [0.15, 0.2) is 0 Å². The Morgan fingerprint density at radius 3 is 2.42 bits per heavy atom. The lowest BCUT2D eigenvalue weighted by atomic mass is 10.2. The Hall–Kier alpha value is -1.70. The topological polar surface area (TPSA) is 101 Å². The summed E-state index contributed by atoms with van der Waals surface area (Å²) in [6, 6.07) is 5.70. The monoisotopic (exact) mass is 283 g/mol. The van der Waals surface area contributed by atoms with Crippen molar-refractivity contribution in [2.75, 3.05) is 20.1 Å². The molecule has 1 rings (SSSR count). The van der Waals surface area contributed by atoms with Gasteiger partial charge >= 0.3 is 0 Å². The van der Waals surface area contributed by atoms with Crippen molar-refractivity contribution in [3.63, 3.8) is 0 Å². The average molecular weight is 283 g/mol. The lowest BCUT2D eigenvalue weighted by Gasteiger charge is -2.05. The summed E-state index contributed by atoms with van der Waals surface area (Å²) in [5, 5.41) is 2.46. The molecule has 0 spiro atoms. The van der Waals surface area contributed by atoms with Crippen molar-refractivity contribution in [1.29, 1.82) is 0 Å². The molecule has 7 heteroatoms. The van der Waals surface area contributed by atoms with Crippen LogP contribution < -0.4 is 15.8 Å². The number of benzene rings is 1. The number of nitrogens with two attached hydrogens (primary N) is 1. The van der Waals surface area contributed by atoms with E-state index in [0.717, 1.165) is 0 Å². The molecule has 0 saturated carbocycles. The zero-order valence-electron chi connectivity index (χ0n) is 10.6. The molecule has 0 saturated heterocycles. The highest BCUT2D eigenvalue weighted by Gasteiger charge is 2.13. The predicted molar refractivity (Wildman–Crippen MR) is 73.2 cm³/mol. The number of hydrogen-bond acceptors (Lipinski definition) is 4. The lowest BCUT2D eigenvalue weighted by molar-refractivity contribution is 0.0963. The van der Waals surface area contributed by atoms with Gasteiger partial charge in [-0.2, -0.15) is 0 Å². The van der Waals surface area contributed by atoms with E-state index in [1.54, 1.807) is 12.2 Å². The number of sulfonamides is 1. The molecular formula is C12H17N3O3S. The third kappa shape index (κ3) is 4.47. The number of carbonyl (C=O) groups is 1. The fourth-order valence-corrected chi connectivity index (χ4v) is 2.33. The van der Waals surface area contributed by atoms with Crippen LogP contribution in [0.5, 0.6) is 0 Å². The summed E-state index contributed by atoms with van der Waals surface area (Å²) in [5.74, 6) is -0.261. The Bertz CT molecular complexity index is 550. The summed E-state index contributed by atoms with van der Waals surface area (Å²) in [7, 11) is -2.05. The van der Waals surface area contributed by atoms with E-state index in [2.05, 4.69) is 10.0 Å². The normalized spacial score (nSPS) is 11.7. The average Bonchev–Trinajstić information content (AvgIpc) is 2.43. The number of rotatable bonds is 6. The molecule has 0 atom stereocenters. The van der Waals surface area contributed by atoms with Gasteiger partial charge in [0.2, 0.25) is 10.0 Å². The van der Waals surface area contributed by atoms with Crippen molar-refractivity contribution >= 4 is 15.9 Å². The van der Waals surface area contributed by atoms with Crippen molar-refractivity contribution in [3.8, 4) is 0 Å². The molecule has 0 aliphatic heterocycles. The van der Waals surface area contributed by atoms with Crippen LogP contribution in [0.4, 0.5) is 0 Å². The van der Waals surface area contributed by atoms with E-state index >= 15 is 0 Å². The summed E-state index contributed by atoms with van der Waals surface area (Å²) in [4.78, 5) is 11.4. The number of nitrogens with one attached hydrogen (secondary N) is 2. The Morgan fingerprint density at radius 2 is 1.89 bits per heavy atom. The zero-order valence-corrected chi connectivity index (χ0v) is 11.4. The molecule has 4 N–H and O–H groups in total. The third-order valence-electron chi connectivity index (χ3n) is 2.35. The van der Waals surface area contributed by atoms with Gasteiger partial charge in [-0.25, -0.2) is 13.1 Å². The van der Waals surface area contributed by atoms with E-state index in [1.165, 1.54) is 31.3 Å². The minimum atomic E-state index is -3.56. The van der Waals surface area contributed by atoms with Crippen LogP contribution in [0.3, 0.4) is 0 Å². The van der Waals surface area contributed by atoms with Crippen molar-refractivity contribution in [1.82, 2.24) is 10.0 Å². The van der Waals surface area contributed by atoms with Crippen LogP contribution in [0.2, 0.25) is 0 Å². The Kier molecular flexibility index (Phi) is 5.68. The van der Waals surface area contributed by atoms with Gasteiger partial charge in [-0.15, -0.1) is 0 Å². The quantitative estimate of drug-likeness (QED) is 0.631. The maximum atomic E-state index is 11.9. The molecule has 0 aliphatic carbocycles. The van der Waals surface area contributed by atoms with Gasteiger partial charge in [0.25, 0.3) is 5.91 Å². The molecule has 0 heterocycles. The minimum Gasteiger partial charge on any atom is -0.355 e.